The highest BCUT2D eigenvalue weighted by atomic mass is 16.5. The van der Waals surface area contributed by atoms with Crippen molar-refractivity contribution < 1.29 is 9.53 Å². The van der Waals surface area contributed by atoms with Gasteiger partial charge in [-0.25, -0.2) is 5.01 Å². The summed E-state index contributed by atoms with van der Waals surface area (Å²) in [6.45, 7) is 4.46. The van der Waals surface area contributed by atoms with E-state index >= 15 is 0 Å². The average molecular weight is 218 g/mol. The van der Waals surface area contributed by atoms with Crippen molar-refractivity contribution in [2.24, 2.45) is 5.10 Å². The molecule has 0 bridgehead atoms. The molecule has 0 radical (unpaired) electrons. The Morgan fingerprint density at radius 3 is 2.94 bits per heavy atom. The minimum Gasteiger partial charge on any atom is -0.477 e. The number of hydrogen-bond donors (Lipinski definition) is 0. The zero-order valence-electron chi connectivity index (χ0n) is 9.43. The molecular formula is C12H14N2O2. The largest absolute Gasteiger partial charge is 0.477 e. The van der Waals surface area contributed by atoms with Gasteiger partial charge in [-0.2, -0.15) is 0 Å². The second-order valence-corrected chi connectivity index (χ2v) is 3.57. The molecule has 0 atom stereocenters. The van der Waals surface area contributed by atoms with Crippen molar-refractivity contribution in [2.45, 2.75) is 20.4 Å². The standard InChI is InChI=1S/C12H14N2O2/c1-3-16-12-11-7-5-4-6-10(11)8-14(13-12)9(2)15/h4-7H,3,8H2,1-2H3. The molecule has 0 saturated carbocycles. The summed E-state index contributed by atoms with van der Waals surface area (Å²) in [5.74, 6) is 0.450. The predicted molar refractivity (Wildman–Crippen MR) is 60.8 cm³/mol. The fraction of sp³-hybridized carbons (Fsp3) is 0.333. The van der Waals surface area contributed by atoms with Gasteiger partial charge in [0.15, 0.2) is 0 Å². The second kappa shape index (κ2) is 4.35. The van der Waals surface area contributed by atoms with Crippen molar-refractivity contribution in [2.75, 3.05) is 6.61 Å². The number of fused-ring (bicyclic) bond motifs is 1. The van der Waals surface area contributed by atoms with Crippen molar-refractivity contribution in [1.82, 2.24) is 5.01 Å². The van der Waals surface area contributed by atoms with E-state index in [0.717, 1.165) is 11.1 Å². The number of benzene rings is 1. The second-order valence-electron chi connectivity index (χ2n) is 3.57. The summed E-state index contributed by atoms with van der Waals surface area (Å²) in [5, 5.41) is 5.61. The smallest absolute Gasteiger partial charge is 0.239 e. The average Bonchev–Trinajstić information content (AvgIpc) is 2.29. The normalized spacial score (nSPS) is 14.1. The molecule has 84 valence electrons. The molecular weight excluding hydrogens is 204 g/mol. The first kappa shape index (κ1) is 10.7. The highest BCUT2D eigenvalue weighted by Crippen LogP contribution is 2.19. The summed E-state index contributed by atoms with van der Waals surface area (Å²) in [6.07, 6.45) is 0. The van der Waals surface area contributed by atoms with Gasteiger partial charge in [0.1, 0.15) is 0 Å². The van der Waals surface area contributed by atoms with Gasteiger partial charge >= 0.3 is 0 Å². The Bertz CT molecular complexity index is 440. The fourth-order valence-electron chi connectivity index (χ4n) is 1.65. The molecule has 1 amide bonds. The Hall–Kier alpha value is -1.84. The lowest BCUT2D eigenvalue weighted by Crippen LogP contribution is -2.30. The van der Waals surface area contributed by atoms with E-state index in [-0.39, 0.29) is 5.91 Å². The summed E-state index contributed by atoms with van der Waals surface area (Å²) >= 11 is 0. The van der Waals surface area contributed by atoms with Gasteiger partial charge in [0.25, 0.3) is 0 Å². The first-order chi connectivity index (χ1) is 7.72. The Morgan fingerprint density at radius 2 is 2.25 bits per heavy atom. The van der Waals surface area contributed by atoms with Crippen LogP contribution in [0.25, 0.3) is 0 Å². The van der Waals surface area contributed by atoms with Crippen LogP contribution >= 0.6 is 0 Å². The summed E-state index contributed by atoms with van der Waals surface area (Å²) in [6, 6.07) is 7.84. The molecule has 16 heavy (non-hydrogen) atoms. The van der Waals surface area contributed by atoms with Crippen LogP contribution in [0.2, 0.25) is 0 Å². The molecule has 1 aromatic rings. The highest BCUT2D eigenvalue weighted by molar-refractivity contribution is 5.97. The van der Waals surface area contributed by atoms with Crippen LogP contribution in [0.3, 0.4) is 0 Å². The molecule has 0 N–H and O–H groups in total. The van der Waals surface area contributed by atoms with Gasteiger partial charge in [0.2, 0.25) is 11.8 Å². The lowest BCUT2D eigenvalue weighted by molar-refractivity contribution is -0.129. The maximum atomic E-state index is 11.3. The number of ether oxygens (including phenoxy) is 1. The number of amides is 1. The molecule has 0 unspecified atom stereocenters. The van der Waals surface area contributed by atoms with Gasteiger partial charge in [0, 0.05) is 12.5 Å². The molecule has 1 heterocycles. The Labute approximate surface area is 94.5 Å². The van der Waals surface area contributed by atoms with E-state index in [1.165, 1.54) is 11.9 Å². The van der Waals surface area contributed by atoms with E-state index in [1.54, 1.807) is 0 Å². The number of carbonyl (C=O) groups excluding carboxylic acids is 1. The molecule has 4 nitrogen and oxygen atoms in total. The van der Waals surface area contributed by atoms with Gasteiger partial charge in [-0.15, -0.1) is 5.10 Å². The maximum absolute atomic E-state index is 11.3. The van der Waals surface area contributed by atoms with Crippen LogP contribution < -0.4 is 0 Å². The first-order valence-electron chi connectivity index (χ1n) is 5.30. The summed E-state index contributed by atoms with van der Waals surface area (Å²) in [5.41, 5.74) is 2.04. The Kier molecular flexibility index (Phi) is 2.90. The molecule has 0 spiro atoms. The monoisotopic (exact) mass is 218 g/mol. The molecule has 4 heteroatoms. The predicted octanol–water partition coefficient (Wildman–Crippen LogP) is 1.75. The fourth-order valence-corrected chi connectivity index (χ4v) is 1.65. The number of rotatable bonds is 1. The zero-order valence-corrected chi connectivity index (χ0v) is 9.43. The molecule has 1 aliphatic heterocycles. The van der Waals surface area contributed by atoms with E-state index in [9.17, 15) is 4.79 Å². The van der Waals surface area contributed by atoms with Crippen LogP contribution in [0.15, 0.2) is 29.4 Å². The van der Waals surface area contributed by atoms with Gasteiger partial charge < -0.3 is 4.74 Å². The van der Waals surface area contributed by atoms with Gasteiger partial charge in [-0.3, -0.25) is 4.79 Å². The van der Waals surface area contributed by atoms with E-state index < -0.39 is 0 Å². The molecule has 0 fully saturated rings. The van der Waals surface area contributed by atoms with Crippen molar-refractivity contribution in [1.29, 1.82) is 0 Å². The minimum atomic E-state index is -0.0771. The third kappa shape index (κ3) is 1.91. The topological polar surface area (TPSA) is 41.9 Å². The minimum absolute atomic E-state index is 0.0771. The first-order valence-corrected chi connectivity index (χ1v) is 5.30. The summed E-state index contributed by atoms with van der Waals surface area (Å²) in [7, 11) is 0. The highest BCUT2D eigenvalue weighted by Gasteiger charge is 2.21. The van der Waals surface area contributed by atoms with Crippen LogP contribution in [0.4, 0.5) is 0 Å². The third-order valence-corrected chi connectivity index (χ3v) is 2.42. The van der Waals surface area contributed by atoms with Crippen LogP contribution in [0, 0.1) is 0 Å². The van der Waals surface area contributed by atoms with Gasteiger partial charge in [0.05, 0.1) is 13.2 Å². The van der Waals surface area contributed by atoms with Gasteiger partial charge in [-0.1, -0.05) is 18.2 Å². The van der Waals surface area contributed by atoms with Crippen molar-refractivity contribution in [3.05, 3.63) is 35.4 Å². The zero-order chi connectivity index (χ0) is 11.5. The van der Waals surface area contributed by atoms with Crippen molar-refractivity contribution in [3.63, 3.8) is 0 Å². The molecule has 1 aromatic carbocycles. The molecule has 2 rings (SSSR count). The Morgan fingerprint density at radius 1 is 1.50 bits per heavy atom. The number of hydrazone groups is 1. The van der Waals surface area contributed by atoms with E-state index in [4.69, 9.17) is 4.74 Å². The third-order valence-electron chi connectivity index (χ3n) is 2.42. The molecule has 1 aliphatic rings. The van der Waals surface area contributed by atoms with E-state index in [0.29, 0.717) is 19.0 Å². The SMILES string of the molecule is CCOC1=NN(C(C)=O)Cc2ccccc21. The van der Waals surface area contributed by atoms with Crippen LogP contribution in [0.5, 0.6) is 0 Å². The lowest BCUT2D eigenvalue weighted by atomic mass is 10.1. The summed E-state index contributed by atoms with van der Waals surface area (Å²) in [4.78, 5) is 11.3. The van der Waals surface area contributed by atoms with E-state index in [2.05, 4.69) is 5.10 Å². The van der Waals surface area contributed by atoms with E-state index in [1.807, 2.05) is 31.2 Å². The van der Waals surface area contributed by atoms with Crippen LogP contribution in [-0.2, 0) is 16.1 Å². The lowest BCUT2D eigenvalue weighted by Gasteiger charge is -2.24. The molecule has 0 aromatic heterocycles. The van der Waals surface area contributed by atoms with Crippen LogP contribution in [0.1, 0.15) is 25.0 Å². The number of hydrogen-bond acceptors (Lipinski definition) is 3. The molecule has 0 aliphatic carbocycles. The Balaban J connectivity index is 2.40. The maximum Gasteiger partial charge on any atom is 0.239 e. The summed E-state index contributed by atoms with van der Waals surface area (Å²) < 4.78 is 5.45. The van der Waals surface area contributed by atoms with Gasteiger partial charge in [-0.05, 0) is 18.6 Å². The number of carbonyl (C=O) groups is 1. The van der Waals surface area contributed by atoms with Crippen molar-refractivity contribution >= 4 is 11.8 Å². The van der Waals surface area contributed by atoms with Crippen LogP contribution in [-0.4, -0.2) is 23.4 Å². The molecule has 0 saturated heterocycles. The quantitative estimate of drug-likeness (QED) is 0.720. The number of nitrogens with zero attached hydrogens (tertiary/aromatic N) is 2. The van der Waals surface area contributed by atoms with Crippen molar-refractivity contribution in [3.8, 4) is 0 Å².